The fourth-order valence-corrected chi connectivity index (χ4v) is 3.39. The van der Waals surface area contributed by atoms with Crippen LogP contribution in [0.1, 0.15) is 40.7 Å². The van der Waals surface area contributed by atoms with Gasteiger partial charge in [0.25, 0.3) is 0 Å². The van der Waals surface area contributed by atoms with E-state index in [-0.39, 0.29) is 0 Å². The van der Waals surface area contributed by atoms with Crippen molar-refractivity contribution in [2.75, 3.05) is 13.1 Å². The summed E-state index contributed by atoms with van der Waals surface area (Å²) in [6, 6.07) is 3.66. The summed E-state index contributed by atoms with van der Waals surface area (Å²) >= 11 is 1.40. The van der Waals surface area contributed by atoms with Gasteiger partial charge >= 0.3 is 5.97 Å². The minimum absolute atomic E-state index is 0.448. The molecule has 0 aromatic carbocycles. The van der Waals surface area contributed by atoms with Gasteiger partial charge in [0, 0.05) is 18.0 Å². The van der Waals surface area contributed by atoms with E-state index in [2.05, 4.69) is 11.8 Å². The molecule has 4 heteroatoms. The van der Waals surface area contributed by atoms with Crippen molar-refractivity contribution < 1.29 is 9.90 Å². The van der Waals surface area contributed by atoms with Gasteiger partial charge in [-0.05, 0) is 37.4 Å². The van der Waals surface area contributed by atoms with Gasteiger partial charge in [0.15, 0.2) is 0 Å². The Morgan fingerprint density at radius 3 is 3.06 bits per heavy atom. The number of carboxylic acids is 1. The topological polar surface area (TPSA) is 40.5 Å². The van der Waals surface area contributed by atoms with Gasteiger partial charge in [-0.25, -0.2) is 4.79 Å². The van der Waals surface area contributed by atoms with E-state index in [1.54, 1.807) is 6.07 Å². The van der Waals surface area contributed by atoms with E-state index in [0.717, 1.165) is 19.0 Å². The number of aromatic carboxylic acids is 1. The number of hydrogen-bond donors (Lipinski definition) is 1. The van der Waals surface area contributed by atoms with Gasteiger partial charge in [0.2, 0.25) is 0 Å². The minimum atomic E-state index is -0.813. The zero-order valence-electron chi connectivity index (χ0n) is 10.2. The Hall–Kier alpha value is -0.870. The lowest BCUT2D eigenvalue weighted by molar-refractivity contribution is 0.0702. The van der Waals surface area contributed by atoms with E-state index in [1.807, 2.05) is 6.07 Å². The number of carbonyl (C=O) groups is 1. The Labute approximate surface area is 106 Å². The van der Waals surface area contributed by atoms with Crippen LogP contribution in [0.3, 0.4) is 0 Å². The molecule has 1 fully saturated rings. The highest BCUT2D eigenvalue weighted by atomic mass is 32.1. The molecule has 0 aliphatic carbocycles. The van der Waals surface area contributed by atoms with Gasteiger partial charge in [-0.2, -0.15) is 0 Å². The van der Waals surface area contributed by atoms with Crippen LogP contribution in [-0.2, 0) is 6.54 Å². The fraction of sp³-hybridized carbons (Fsp3) is 0.615. The van der Waals surface area contributed by atoms with Crippen molar-refractivity contribution in [3.63, 3.8) is 0 Å². The molecule has 1 atom stereocenters. The van der Waals surface area contributed by atoms with Crippen LogP contribution in [0.2, 0.25) is 0 Å². The van der Waals surface area contributed by atoms with Gasteiger partial charge in [0.05, 0.1) is 0 Å². The van der Waals surface area contributed by atoms with Crippen molar-refractivity contribution in [3.05, 3.63) is 21.9 Å². The summed E-state index contributed by atoms with van der Waals surface area (Å²) in [6.45, 7) is 5.48. The summed E-state index contributed by atoms with van der Waals surface area (Å²) in [7, 11) is 0. The first-order chi connectivity index (χ1) is 8.19. The molecule has 1 unspecified atom stereocenters. The zero-order valence-corrected chi connectivity index (χ0v) is 11.0. The smallest absolute Gasteiger partial charge is 0.345 e. The van der Waals surface area contributed by atoms with Gasteiger partial charge < -0.3 is 5.11 Å². The van der Waals surface area contributed by atoms with Gasteiger partial charge in [0.1, 0.15) is 4.88 Å². The molecule has 3 nitrogen and oxygen atoms in total. The lowest BCUT2D eigenvalue weighted by Crippen LogP contribution is -2.19. The molecule has 1 N–H and O–H groups in total. The summed E-state index contributed by atoms with van der Waals surface area (Å²) in [5.74, 6) is 0.0328. The molecule has 2 rings (SSSR count). The number of thiophene rings is 1. The Morgan fingerprint density at radius 2 is 2.41 bits per heavy atom. The molecule has 0 saturated carbocycles. The lowest BCUT2D eigenvalue weighted by atomic mass is 10.0. The van der Waals surface area contributed by atoms with E-state index in [4.69, 9.17) is 5.11 Å². The number of carboxylic acid groups (broad SMARTS) is 1. The summed E-state index contributed by atoms with van der Waals surface area (Å²) in [5.41, 5.74) is 0. The van der Waals surface area contributed by atoms with Crippen LogP contribution in [0.5, 0.6) is 0 Å². The summed E-state index contributed by atoms with van der Waals surface area (Å²) in [6.07, 6.45) is 3.88. The number of hydrogen-bond acceptors (Lipinski definition) is 3. The van der Waals surface area contributed by atoms with Gasteiger partial charge in [-0.15, -0.1) is 11.3 Å². The van der Waals surface area contributed by atoms with Gasteiger partial charge in [-0.1, -0.05) is 13.3 Å². The first-order valence-electron chi connectivity index (χ1n) is 6.23. The third-order valence-electron chi connectivity index (χ3n) is 3.32. The average Bonchev–Trinajstić information content (AvgIpc) is 2.89. The Kier molecular flexibility index (Phi) is 4.18. The minimum Gasteiger partial charge on any atom is -0.477 e. The molecule has 2 heterocycles. The van der Waals surface area contributed by atoms with Gasteiger partial charge in [-0.3, -0.25) is 4.90 Å². The van der Waals surface area contributed by atoms with Crippen molar-refractivity contribution in [1.82, 2.24) is 4.90 Å². The zero-order chi connectivity index (χ0) is 12.3. The number of nitrogens with zero attached hydrogens (tertiary/aromatic N) is 1. The van der Waals surface area contributed by atoms with Crippen molar-refractivity contribution in [2.24, 2.45) is 5.92 Å². The third-order valence-corrected chi connectivity index (χ3v) is 4.38. The number of likely N-dealkylation sites (tertiary alicyclic amines) is 1. The van der Waals surface area contributed by atoms with E-state index in [0.29, 0.717) is 4.88 Å². The fourth-order valence-electron chi connectivity index (χ4n) is 2.50. The Morgan fingerprint density at radius 1 is 1.59 bits per heavy atom. The van der Waals surface area contributed by atoms with E-state index >= 15 is 0 Å². The van der Waals surface area contributed by atoms with Crippen molar-refractivity contribution in [3.8, 4) is 0 Å². The molecule has 0 bridgehead atoms. The molecule has 94 valence electrons. The Balaban J connectivity index is 1.87. The maximum Gasteiger partial charge on any atom is 0.345 e. The molecule has 0 spiro atoms. The van der Waals surface area contributed by atoms with E-state index < -0.39 is 5.97 Å². The van der Waals surface area contributed by atoms with Crippen LogP contribution in [0.15, 0.2) is 12.1 Å². The van der Waals surface area contributed by atoms with Crippen LogP contribution in [-0.4, -0.2) is 29.1 Å². The Bertz CT molecular complexity index is 389. The number of rotatable bonds is 5. The molecule has 1 aliphatic rings. The van der Waals surface area contributed by atoms with Crippen LogP contribution in [0.25, 0.3) is 0 Å². The molecule has 0 amide bonds. The first-order valence-corrected chi connectivity index (χ1v) is 7.05. The quantitative estimate of drug-likeness (QED) is 0.876. The summed E-state index contributed by atoms with van der Waals surface area (Å²) in [5, 5.41) is 8.87. The predicted octanol–water partition coefficient (Wildman–Crippen LogP) is 3.07. The second-order valence-corrected chi connectivity index (χ2v) is 5.92. The molecule has 1 aliphatic heterocycles. The van der Waals surface area contributed by atoms with Crippen LogP contribution < -0.4 is 0 Å². The molecule has 17 heavy (non-hydrogen) atoms. The van der Waals surface area contributed by atoms with Crippen molar-refractivity contribution >= 4 is 17.3 Å². The molecule has 1 saturated heterocycles. The highest BCUT2D eigenvalue weighted by Crippen LogP contribution is 2.25. The van der Waals surface area contributed by atoms with Crippen molar-refractivity contribution in [2.45, 2.75) is 32.7 Å². The van der Waals surface area contributed by atoms with E-state index in [1.165, 1.54) is 42.0 Å². The maximum absolute atomic E-state index is 10.8. The second kappa shape index (κ2) is 5.65. The standard InChI is InChI=1S/C13H19NO2S/c1-2-3-10-6-7-14(8-10)9-11-4-5-12(17-11)13(15)16/h4-5,10H,2-3,6-9H2,1H3,(H,15,16). The second-order valence-electron chi connectivity index (χ2n) is 4.75. The maximum atomic E-state index is 10.8. The first kappa shape index (κ1) is 12.6. The van der Waals surface area contributed by atoms with Crippen LogP contribution in [0, 0.1) is 5.92 Å². The predicted molar refractivity (Wildman–Crippen MR) is 69.6 cm³/mol. The van der Waals surface area contributed by atoms with Crippen LogP contribution >= 0.6 is 11.3 Å². The van der Waals surface area contributed by atoms with Crippen LogP contribution in [0.4, 0.5) is 0 Å². The molecular weight excluding hydrogens is 234 g/mol. The normalized spacial score (nSPS) is 20.9. The monoisotopic (exact) mass is 253 g/mol. The molecule has 1 aromatic heterocycles. The molecule has 0 radical (unpaired) electrons. The average molecular weight is 253 g/mol. The molecule has 1 aromatic rings. The third kappa shape index (κ3) is 3.30. The molecular formula is C13H19NO2S. The highest BCUT2D eigenvalue weighted by Gasteiger charge is 2.22. The summed E-state index contributed by atoms with van der Waals surface area (Å²) in [4.78, 5) is 14.8. The lowest BCUT2D eigenvalue weighted by Gasteiger charge is -2.14. The SMILES string of the molecule is CCCC1CCN(Cc2ccc(C(=O)O)s2)C1. The summed E-state index contributed by atoms with van der Waals surface area (Å²) < 4.78 is 0. The largest absolute Gasteiger partial charge is 0.477 e. The van der Waals surface area contributed by atoms with Crippen molar-refractivity contribution in [1.29, 1.82) is 0 Å². The van der Waals surface area contributed by atoms with E-state index in [9.17, 15) is 4.79 Å². The highest BCUT2D eigenvalue weighted by molar-refractivity contribution is 7.13.